The maximum absolute atomic E-state index is 12.7. The van der Waals surface area contributed by atoms with E-state index in [0.717, 1.165) is 32.2 Å². The number of nitrogens with zero attached hydrogens (tertiary/aromatic N) is 3. The number of benzene rings is 1. The number of likely N-dealkylation sites (tertiary alicyclic amines) is 1. The van der Waals surface area contributed by atoms with Crippen LogP contribution in [0.5, 0.6) is 0 Å². The van der Waals surface area contributed by atoms with Crippen molar-refractivity contribution in [3.05, 3.63) is 41.2 Å². The summed E-state index contributed by atoms with van der Waals surface area (Å²) in [5.74, 6) is 0.0635. The van der Waals surface area contributed by atoms with Crippen LogP contribution in [0, 0.1) is 6.57 Å². The van der Waals surface area contributed by atoms with Gasteiger partial charge in [-0.25, -0.2) is 4.85 Å². The number of carbonyl (C=O) groups is 2. The summed E-state index contributed by atoms with van der Waals surface area (Å²) < 4.78 is 5.93. The second-order valence-electron chi connectivity index (χ2n) is 7.09. The van der Waals surface area contributed by atoms with Gasteiger partial charge in [-0.1, -0.05) is 37.6 Å². The highest BCUT2D eigenvalue weighted by atomic mass is 16.5. The van der Waals surface area contributed by atoms with E-state index in [1.54, 1.807) is 24.3 Å². The van der Waals surface area contributed by atoms with E-state index >= 15 is 0 Å². The van der Waals surface area contributed by atoms with Gasteiger partial charge in [0.2, 0.25) is 5.91 Å². The first-order chi connectivity index (χ1) is 12.6. The maximum Gasteiger partial charge on any atom is 0.253 e. The summed E-state index contributed by atoms with van der Waals surface area (Å²) in [6.07, 6.45) is 3.56. The molecular formula is C20H25N3O3. The molecule has 2 fully saturated rings. The van der Waals surface area contributed by atoms with Gasteiger partial charge in [-0.2, -0.15) is 0 Å². The molecule has 138 valence electrons. The Bertz CT molecular complexity index is 700. The Kier molecular flexibility index (Phi) is 5.58. The lowest BCUT2D eigenvalue weighted by Gasteiger charge is -2.47. The number of rotatable bonds is 4. The van der Waals surface area contributed by atoms with Gasteiger partial charge in [0.05, 0.1) is 12.2 Å². The Labute approximate surface area is 154 Å². The quantitative estimate of drug-likeness (QED) is 0.781. The highest BCUT2D eigenvalue weighted by Crippen LogP contribution is 2.31. The topological polar surface area (TPSA) is 54.2 Å². The van der Waals surface area contributed by atoms with Gasteiger partial charge < -0.3 is 14.5 Å². The molecule has 0 aromatic heterocycles. The zero-order valence-electron chi connectivity index (χ0n) is 15.2. The third-order valence-electron chi connectivity index (χ3n) is 5.32. The molecule has 1 aromatic rings. The van der Waals surface area contributed by atoms with Crippen LogP contribution in [-0.2, 0) is 9.53 Å². The summed E-state index contributed by atoms with van der Waals surface area (Å²) in [5, 5.41) is 0. The van der Waals surface area contributed by atoms with Crippen LogP contribution in [0.1, 0.15) is 43.0 Å². The van der Waals surface area contributed by atoms with Crippen molar-refractivity contribution in [1.82, 2.24) is 9.80 Å². The highest BCUT2D eigenvalue weighted by molar-refractivity contribution is 5.94. The van der Waals surface area contributed by atoms with Gasteiger partial charge in [0.25, 0.3) is 5.91 Å². The van der Waals surface area contributed by atoms with E-state index in [9.17, 15) is 9.59 Å². The predicted molar refractivity (Wildman–Crippen MR) is 98.0 cm³/mol. The standard InChI is InChI=1S/C20H25N3O3/c1-3-4-11-23-15-20(26-14-18(23)24)9-12-22(13-10-20)19(25)16-5-7-17(21-2)8-6-16/h5-8H,3-4,9-15H2,1H3. The number of piperidine rings is 1. The van der Waals surface area contributed by atoms with Crippen molar-refractivity contribution in [1.29, 1.82) is 0 Å². The molecule has 2 amide bonds. The smallest absolute Gasteiger partial charge is 0.253 e. The zero-order valence-corrected chi connectivity index (χ0v) is 15.2. The minimum Gasteiger partial charge on any atom is -0.363 e. The molecule has 2 heterocycles. The SMILES string of the molecule is [C-]#[N+]c1ccc(C(=O)N2CCC3(CC2)CN(CCCC)C(=O)CO3)cc1. The van der Waals surface area contributed by atoms with E-state index in [1.807, 2.05) is 9.80 Å². The van der Waals surface area contributed by atoms with Crippen molar-refractivity contribution in [2.24, 2.45) is 0 Å². The third kappa shape index (κ3) is 3.88. The number of unbranched alkanes of at least 4 members (excludes halogenated alkanes) is 1. The Morgan fingerprint density at radius 1 is 1.27 bits per heavy atom. The van der Waals surface area contributed by atoms with Crippen LogP contribution in [-0.4, -0.2) is 60.0 Å². The van der Waals surface area contributed by atoms with Gasteiger partial charge in [-0.3, -0.25) is 9.59 Å². The number of morpholine rings is 1. The Hall–Kier alpha value is -2.39. The lowest BCUT2D eigenvalue weighted by Crippen LogP contribution is -2.59. The largest absolute Gasteiger partial charge is 0.363 e. The van der Waals surface area contributed by atoms with Gasteiger partial charge in [0, 0.05) is 31.7 Å². The minimum atomic E-state index is -0.313. The summed E-state index contributed by atoms with van der Waals surface area (Å²) in [5.41, 5.74) is 0.830. The summed E-state index contributed by atoms with van der Waals surface area (Å²) in [6, 6.07) is 6.77. The Morgan fingerprint density at radius 2 is 1.96 bits per heavy atom. The number of ether oxygens (including phenoxy) is 1. The molecule has 1 spiro atoms. The molecule has 2 aliphatic rings. The van der Waals surface area contributed by atoms with Crippen LogP contribution in [0.4, 0.5) is 5.69 Å². The van der Waals surface area contributed by atoms with Gasteiger partial charge in [0.1, 0.15) is 6.61 Å². The first kappa shape index (κ1) is 18.4. The molecule has 0 unspecified atom stereocenters. The third-order valence-corrected chi connectivity index (χ3v) is 5.32. The minimum absolute atomic E-state index is 0.00824. The van der Waals surface area contributed by atoms with Crippen molar-refractivity contribution in [2.45, 2.75) is 38.2 Å². The molecule has 2 saturated heterocycles. The Balaban J connectivity index is 1.60. The molecule has 3 rings (SSSR count). The molecule has 1 aromatic carbocycles. The molecule has 6 heteroatoms. The normalized spacial score (nSPS) is 19.5. The van der Waals surface area contributed by atoms with Crippen LogP contribution in [0.15, 0.2) is 24.3 Å². The van der Waals surface area contributed by atoms with Gasteiger partial charge in [-0.15, -0.1) is 0 Å². The van der Waals surface area contributed by atoms with E-state index in [4.69, 9.17) is 11.3 Å². The molecular weight excluding hydrogens is 330 g/mol. The van der Waals surface area contributed by atoms with Crippen LogP contribution in [0.2, 0.25) is 0 Å². The van der Waals surface area contributed by atoms with Gasteiger partial charge in [0.15, 0.2) is 5.69 Å². The number of hydrogen-bond acceptors (Lipinski definition) is 3. The zero-order chi connectivity index (χ0) is 18.6. The molecule has 0 radical (unpaired) electrons. The summed E-state index contributed by atoms with van der Waals surface area (Å²) >= 11 is 0. The van der Waals surface area contributed by atoms with Crippen LogP contribution < -0.4 is 0 Å². The number of carbonyl (C=O) groups excluding carboxylic acids is 2. The monoisotopic (exact) mass is 355 g/mol. The van der Waals surface area contributed by atoms with Crippen molar-refractivity contribution >= 4 is 17.5 Å². The second-order valence-corrected chi connectivity index (χ2v) is 7.09. The summed E-state index contributed by atoms with van der Waals surface area (Å²) in [7, 11) is 0. The fraction of sp³-hybridized carbons (Fsp3) is 0.550. The fourth-order valence-electron chi connectivity index (χ4n) is 3.62. The second kappa shape index (κ2) is 7.88. The van der Waals surface area contributed by atoms with E-state index in [1.165, 1.54) is 0 Å². The van der Waals surface area contributed by atoms with Gasteiger partial charge >= 0.3 is 0 Å². The van der Waals surface area contributed by atoms with E-state index < -0.39 is 0 Å². The molecule has 26 heavy (non-hydrogen) atoms. The molecule has 0 saturated carbocycles. The van der Waals surface area contributed by atoms with Crippen LogP contribution in [0.3, 0.4) is 0 Å². The van der Waals surface area contributed by atoms with E-state index in [-0.39, 0.29) is 24.0 Å². The van der Waals surface area contributed by atoms with E-state index in [2.05, 4.69) is 11.8 Å². The van der Waals surface area contributed by atoms with Crippen molar-refractivity contribution in [3.8, 4) is 0 Å². The fourth-order valence-corrected chi connectivity index (χ4v) is 3.62. The first-order valence-electron chi connectivity index (χ1n) is 9.25. The molecule has 0 N–H and O–H groups in total. The average molecular weight is 355 g/mol. The number of hydrogen-bond donors (Lipinski definition) is 0. The lowest BCUT2D eigenvalue weighted by atomic mass is 9.88. The predicted octanol–water partition coefficient (Wildman–Crippen LogP) is 2.87. The average Bonchev–Trinajstić information content (AvgIpc) is 2.69. The van der Waals surface area contributed by atoms with E-state index in [0.29, 0.717) is 30.9 Å². The molecule has 2 aliphatic heterocycles. The van der Waals surface area contributed by atoms with Crippen LogP contribution >= 0.6 is 0 Å². The van der Waals surface area contributed by atoms with Crippen LogP contribution in [0.25, 0.3) is 4.85 Å². The van der Waals surface area contributed by atoms with Crippen molar-refractivity contribution in [2.75, 3.05) is 32.8 Å². The molecule has 0 bridgehead atoms. The van der Waals surface area contributed by atoms with Gasteiger partial charge in [-0.05, 0) is 19.3 Å². The van der Waals surface area contributed by atoms with Crippen molar-refractivity contribution in [3.63, 3.8) is 0 Å². The highest BCUT2D eigenvalue weighted by Gasteiger charge is 2.42. The summed E-state index contributed by atoms with van der Waals surface area (Å²) in [6.45, 7) is 11.9. The summed E-state index contributed by atoms with van der Waals surface area (Å²) in [4.78, 5) is 31.8. The Morgan fingerprint density at radius 3 is 2.58 bits per heavy atom. The first-order valence-corrected chi connectivity index (χ1v) is 9.25. The lowest BCUT2D eigenvalue weighted by molar-refractivity contribution is -0.170. The maximum atomic E-state index is 12.7. The van der Waals surface area contributed by atoms with Crippen molar-refractivity contribution < 1.29 is 14.3 Å². The molecule has 0 aliphatic carbocycles. The molecule has 6 nitrogen and oxygen atoms in total. The number of amides is 2. The molecule has 0 atom stereocenters.